The van der Waals surface area contributed by atoms with E-state index in [1.807, 2.05) is 19.0 Å². The molecule has 0 aromatic rings. The first-order chi connectivity index (χ1) is 7.81. The third-order valence-electron chi connectivity index (χ3n) is 3.54. The zero-order valence-electron chi connectivity index (χ0n) is 12.1. The van der Waals surface area contributed by atoms with Gasteiger partial charge in [0.15, 0.2) is 0 Å². The molecule has 1 amide bonds. The van der Waals surface area contributed by atoms with Gasteiger partial charge in [-0.1, -0.05) is 0 Å². The van der Waals surface area contributed by atoms with E-state index in [1.54, 1.807) is 0 Å². The minimum atomic E-state index is 0.0104. The van der Waals surface area contributed by atoms with Crippen LogP contribution in [0.4, 0.5) is 0 Å². The van der Waals surface area contributed by atoms with E-state index in [0.717, 1.165) is 19.5 Å². The Hall–Kier alpha value is -0.610. The van der Waals surface area contributed by atoms with Crippen molar-refractivity contribution in [3.8, 4) is 0 Å². The highest BCUT2D eigenvalue weighted by Gasteiger charge is 2.44. The van der Waals surface area contributed by atoms with Crippen molar-refractivity contribution >= 4 is 5.91 Å². The molecule has 0 radical (unpaired) electrons. The van der Waals surface area contributed by atoms with Gasteiger partial charge in [0.25, 0.3) is 0 Å². The van der Waals surface area contributed by atoms with Crippen molar-refractivity contribution in [3.05, 3.63) is 0 Å². The smallest absolute Gasteiger partial charge is 0.239 e. The maximum atomic E-state index is 12.3. The molecule has 1 atom stereocenters. The van der Waals surface area contributed by atoms with Gasteiger partial charge in [0.1, 0.15) is 0 Å². The molecule has 1 aliphatic heterocycles. The molecule has 1 rings (SSSR count). The van der Waals surface area contributed by atoms with Gasteiger partial charge in [0, 0.05) is 25.2 Å². The molecule has 1 fully saturated rings. The summed E-state index contributed by atoms with van der Waals surface area (Å²) in [5.41, 5.74) is 0.0508. The Bertz CT molecular complexity index is 276. The van der Waals surface area contributed by atoms with Crippen LogP contribution in [0.3, 0.4) is 0 Å². The van der Waals surface area contributed by atoms with Crippen LogP contribution in [0.5, 0.6) is 0 Å². The maximum Gasteiger partial charge on any atom is 0.239 e. The van der Waals surface area contributed by atoms with E-state index in [1.165, 1.54) is 0 Å². The molecule has 0 saturated carbocycles. The molecule has 1 heterocycles. The second-order valence-corrected chi connectivity index (χ2v) is 5.92. The fourth-order valence-electron chi connectivity index (χ4n) is 3.14. The summed E-state index contributed by atoms with van der Waals surface area (Å²) in [6, 6.07) is 0.403. The molecule has 4 nitrogen and oxygen atoms in total. The third-order valence-corrected chi connectivity index (χ3v) is 3.54. The molecule has 1 N–H and O–H groups in total. The first-order valence-corrected chi connectivity index (χ1v) is 6.49. The number of likely N-dealkylation sites (N-methyl/N-ethyl adjacent to an activating group) is 1. The quantitative estimate of drug-likeness (QED) is 0.795. The summed E-state index contributed by atoms with van der Waals surface area (Å²) in [5.74, 6) is 0.258. The van der Waals surface area contributed by atoms with Gasteiger partial charge in [-0.05, 0) is 47.7 Å². The Morgan fingerprint density at radius 1 is 1.47 bits per heavy atom. The van der Waals surface area contributed by atoms with Gasteiger partial charge in [0.05, 0.1) is 6.04 Å². The van der Waals surface area contributed by atoms with Crippen LogP contribution in [-0.4, -0.2) is 60.5 Å². The van der Waals surface area contributed by atoms with Gasteiger partial charge in [0.2, 0.25) is 5.91 Å². The van der Waals surface area contributed by atoms with Crippen LogP contribution < -0.4 is 5.32 Å². The molecular formula is C13H27N3O. The number of amides is 1. The summed E-state index contributed by atoms with van der Waals surface area (Å²) >= 11 is 0. The summed E-state index contributed by atoms with van der Waals surface area (Å²) in [4.78, 5) is 16.5. The van der Waals surface area contributed by atoms with E-state index in [9.17, 15) is 4.79 Å². The molecule has 100 valence electrons. The average Bonchev–Trinajstić information content (AvgIpc) is 2.19. The minimum absolute atomic E-state index is 0.0104. The second-order valence-electron chi connectivity index (χ2n) is 5.92. The predicted molar refractivity (Wildman–Crippen MR) is 71.0 cm³/mol. The number of carbonyl (C=O) groups excluding carboxylic acids is 1. The van der Waals surface area contributed by atoms with E-state index in [2.05, 4.69) is 37.9 Å². The van der Waals surface area contributed by atoms with E-state index < -0.39 is 0 Å². The Kier molecular flexibility index (Phi) is 4.55. The lowest BCUT2D eigenvalue weighted by atomic mass is 9.91. The average molecular weight is 241 g/mol. The Morgan fingerprint density at radius 2 is 2.06 bits per heavy atom. The molecule has 0 aliphatic carbocycles. The molecule has 0 spiro atoms. The van der Waals surface area contributed by atoms with E-state index in [0.29, 0.717) is 6.04 Å². The molecule has 17 heavy (non-hydrogen) atoms. The topological polar surface area (TPSA) is 35.6 Å². The van der Waals surface area contributed by atoms with Crippen LogP contribution in [0.15, 0.2) is 0 Å². The normalized spacial score (nSPS) is 25.7. The summed E-state index contributed by atoms with van der Waals surface area (Å²) in [5, 5.41) is 3.14. The van der Waals surface area contributed by atoms with Gasteiger partial charge >= 0.3 is 0 Å². The molecule has 1 saturated heterocycles. The van der Waals surface area contributed by atoms with Gasteiger partial charge < -0.3 is 10.2 Å². The van der Waals surface area contributed by atoms with Crippen molar-refractivity contribution in [1.29, 1.82) is 0 Å². The van der Waals surface area contributed by atoms with Crippen molar-refractivity contribution < 1.29 is 4.79 Å². The van der Waals surface area contributed by atoms with Crippen LogP contribution in [-0.2, 0) is 4.79 Å². The summed E-state index contributed by atoms with van der Waals surface area (Å²) in [6.45, 7) is 10.5. The molecule has 0 bridgehead atoms. The van der Waals surface area contributed by atoms with Crippen molar-refractivity contribution in [1.82, 2.24) is 15.1 Å². The first-order valence-electron chi connectivity index (χ1n) is 6.49. The van der Waals surface area contributed by atoms with Crippen molar-refractivity contribution in [3.63, 3.8) is 0 Å². The van der Waals surface area contributed by atoms with Crippen LogP contribution in [0.2, 0.25) is 0 Å². The number of piperazine rings is 1. The molecule has 4 heteroatoms. The van der Waals surface area contributed by atoms with Gasteiger partial charge in [-0.15, -0.1) is 0 Å². The zero-order chi connectivity index (χ0) is 13.2. The van der Waals surface area contributed by atoms with Gasteiger partial charge in [-0.25, -0.2) is 0 Å². The highest BCUT2D eigenvalue weighted by molar-refractivity contribution is 5.82. The number of hydrogen-bond donors (Lipinski definition) is 1. The second kappa shape index (κ2) is 5.36. The summed E-state index contributed by atoms with van der Waals surface area (Å²) < 4.78 is 0. The fraction of sp³-hybridized carbons (Fsp3) is 0.923. The molecule has 1 aliphatic rings. The monoisotopic (exact) mass is 241 g/mol. The van der Waals surface area contributed by atoms with Crippen molar-refractivity contribution in [2.45, 2.75) is 51.7 Å². The summed E-state index contributed by atoms with van der Waals surface area (Å²) in [7, 11) is 3.84. The SMILES string of the molecule is CNCCC1C(=O)N(C)CC(C)(C)N1C(C)C. The van der Waals surface area contributed by atoms with Gasteiger partial charge in [-0.2, -0.15) is 0 Å². The molecule has 0 aromatic carbocycles. The number of hydrogen-bond acceptors (Lipinski definition) is 3. The lowest BCUT2D eigenvalue weighted by Crippen LogP contribution is -2.67. The number of nitrogens with one attached hydrogen (secondary N) is 1. The van der Waals surface area contributed by atoms with Crippen LogP contribution in [0, 0.1) is 0 Å². The maximum absolute atomic E-state index is 12.3. The van der Waals surface area contributed by atoms with Crippen molar-refractivity contribution in [2.75, 3.05) is 27.2 Å². The third kappa shape index (κ3) is 2.99. The van der Waals surface area contributed by atoms with E-state index >= 15 is 0 Å². The fourth-order valence-corrected chi connectivity index (χ4v) is 3.14. The lowest BCUT2D eigenvalue weighted by molar-refractivity contribution is -0.150. The zero-order valence-corrected chi connectivity index (χ0v) is 12.1. The Balaban J connectivity index is 2.94. The predicted octanol–water partition coefficient (Wildman–Crippen LogP) is 0.926. The highest BCUT2D eigenvalue weighted by atomic mass is 16.2. The molecule has 1 unspecified atom stereocenters. The highest BCUT2D eigenvalue weighted by Crippen LogP contribution is 2.29. The first kappa shape index (κ1) is 14.5. The molecule has 0 aromatic heterocycles. The lowest BCUT2D eigenvalue weighted by Gasteiger charge is -2.52. The van der Waals surface area contributed by atoms with Crippen LogP contribution >= 0.6 is 0 Å². The largest absolute Gasteiger partial charge is 0.343 e. The Labute approximate surface area is 105 Å². The van der Waals surface area contributed by atoms with Crippen molar-refractivity contribution in [2.24, 2.45) is 0 Å². The number of rotatable bonds is 4. The van der Waals surface area contributed by atoms with Gasteiger partial charge in [-0.3, -0.25) is 9.69 Å². The van der Waals surface area contributed by atoms with E-state index in [4.69, 9.17) is 0 Å². The number of nitrogens with zero attached hydrogens (tertiary/aromatic N) is 2. The Morgan fingerprint density at radius 3 is 2.53 bits per heavy atom. The minimum Gasteiger partial charge on any atom is -0.343 e. The molecular weight excluding hydrogens is 214 g/mol. The van der Waals surface area contributed by atoms with E-state index in [-0.39, 0.29) is 17.5 Å². The summed E-state index contributed by atoms with van der Waals surface area (Å²) in [6.07, 6.45) is 0.876. The van der Waals surface area contributed by atoms with Crippen LogP contribution in [0.1, 0.15) is 34.1 Å². The standard InChI is InChI=1S/C13H27N3O/c1-10(2)16-11(7-8-14-5)12(17)15(6)9-13(16,3)4/h10-11,14H,7-9H2,1-6H3. The van der Waals surface area contributed by atoms with Crippen LogP contribution in [0.25, 0.3) is 0 Å². The number of carbonyl (C=O) groups is 1.